The van der Waals surface area contributed by atoms with Gasteiger partial charge < -0.3 is 10.0 Å². The lowest BCUT2D eigenvalue weighted by Gasteiger charge is -2.35. The number of hydrogen-bond acceptors (Lipinski definition) is 5. The number of nitrogens with zero attached hydrogens (tertiary/aromatic N) is 3. The predicted molar refractivity (Wildman–Crippen MR) is 108 cm³/mol. The van der Waals surface area contributed by atoms with Crippen molar-refractivity contribution in [3.8, 4) is 5.75 Å². The summed E-state index contributed by atoms with van der Waals surface area (Å²) in [6.07, 6.45) is 3.90. The largest absolute Gasteiger partial charge is 0.506 e. The second kappa shape index (κ2) is 7.86. The van der Waals surface area contributed by atoms with E-state index in [1.165, 1.54) is 4.90 Å². The first-order valence-electron chi connectivity index (χ1n) is 9.50. The van der Waals surface area contributed by atoms with E-state index in [9.17, 15) is 14.7 Å². The van der Waals surface area contributed by atoms with E-state index in [0.717, 1.165) is 38.4 Å². The van der Waals surface area contributed by atoms with E-state index >= 15 is 0 Å². The van der Waals surface area contributed by atoms with Gasteiger partial charge in [-0.3, -0.25) is 19.4 Å². The van der Waals surface area contributed by atoms with Crippen LogP contribution in [-0.4, -0.2) is 66.0 Å². The third-order valence-electron chi connectivity index (χ3n) is 5.29. The molecule has 2 aliphatic rings. The number of rotatable bonds is 5. The molecule has 0 radical (unpaired) electrons. The van der Waals surface area contributed by atoms with Crippen LogP contribution in [0.1, 0.15) is 20.7 Å². The zero-order valence-corrected chi connectivity index (χ0v) is 15.6. The van der Waals surface area contributed by atoms with Gasteiger partial charge in [0.05, 0.1) is 16.8 Å². The molecule has 1 N–H and O–H groups in total. The van der Waals surface area contributed by atoms with Crippen LogP contribution >= 0.6 is 0 Å². The van der Waals surface area contributed by atoms with Gasteiger partial charge in [0.25, 0.3) is 11.8 Å². The highest BCUT2D eigenvalue weighted by atomic mass is 16.3. The Morgan fingerprint density at radius 3 is 2.00 bits per heavy atom. The summed E-state index contributed by atoms with van der Waals surface area (Å²) in [7, 11) is 0. The quantitative estimate of drug-likeness (QED) is 0.640. The molecule has 2 aromatic carbocycles. The highest BCUT2D eigenvalue weighted by Crippen LogP contribution is 2.27. The molecule has 0 aromatic heterocycles. The number of carbonyl (C=O) groups is 2. The van der Waals surface area contributed by atoms with Crippen LogP contribution in [0.3, 0.4) is 0 Å². The molecule has 0 bridgehead atoms. The fourth-order valence-corrected chi connectivity index (χ4v) is 3.71. The lowest BCUT2D eigenvalue weighted by Crippen LogP contribution is -2.46. The van der Waals surface area contributed by atoms with Crippen LogP contribution in [0.25, 0.3) is 0 Å². The SMILES string of the molecule is O=C1c2ccccc2C(=O)N1C/C=C/CN1CCN(c2ccccc2O)CC1. The molecule has 0 unspecified atom stereocenters. The van der Waals surface area contributed by atoms with Crippen molar-refractivity contribution in [2.75, 3.05) is 44.2 Å². The zero-order valence-electron chi connectivity index (χ0n) is 15.6. The molecule has 2 heterocycles. The fraction of sp³-hybridized carbons (Fsp3) is 0.273. The van der Waals surface area contributed by atoms with Crippen molar-refractivity contribution < 1.29 is 14.7 Å². The Bertz CT molecular complexity index is 882. The van der Waals surface area contributed by atoms with Crippen LogP contribution in [0, 0.1) is 0 Å². The maximum atomic E-state index is 12.3. The number of hydrogen-bond donors (Lipinski definition) is 1. The van der Waals surface area contributed by atoms with E-state index in [-0.39, 0.29) is 11.8 Å². The number of carbonyl (C=O) groups excluding carboxylic acids is 2. The Labute approximate surface area is 164 Å². The van der Waals surface area contributed by atoms with E-state index in [2.05, 4.69) is 9.80 Å². The van der Waals surface area contributed by atoms with Gasteiger partial charge >= 0.3 is 0 Å². The van der Waals surface area contributed by atoms with Crippen molar-refractivity contribution in [2.24, 2.45) is 0 Å². The molecule has 0 spiro atoms. The van der Waals surface area contributed by atoms with Crippen molar-refractivity contribution >= 4 is 17.5 Å². The van der Waals surface area contributed by atoms with Gasteiger partial charge in [-0.15, -0.1) is 0 Å². The Balaban J connectivity index is 1.26. The van der Waals surface area contributed by atoms with Crippen molar-refractivity contribution in [2.45, 2.75) is 0 Å². The van der Waals surface area contributed by atoms with Crippen LogP contribution in [0.4, 0.5) is 5.69 Å². The Hall–Kier alpha value is -3.12. The second-order valence-corrected chi connectivity index (χ2v) is 7.01. The molecule has 6 nitrogen and oxygen atoms in total. The highest BCUT2D eigenvalue weighted by Gasteiger charge is 2.34. The normalized spacial score (nSPS) is 17.6. The third kappa shape index (κ3) is 3.51. The summed E-state index contributed by atoms with van der Waals surface area (Å²) in [5.74, 6) is -0.125. The van der Waals surface area contributed by atoms with Gasteiger partial charge in [0, 0.05) is 39.3 Å². The molecule has 1 fully saturated rings. The molecule has 6 heteroatoms. The number of aromatic hydroxyl groups is 1. The maximum absolute atomic E-state index is 12.3. The molecule has 2 amide bonds. The van der Waals surface area contributed by atoms with Gasteiger partial charge in [0.2, 0.25) is 0 Å². The summed E-state index contributed by atoms with van der Waals surface area (Å²) in [5, 5.41) is 9.99. The number of amides is 2. The van der Waals surface area contributed by atoms with Crippen LogP contribution in [0.5, 0.6) is 5.75 Å². The highest BCUT2D eigenvalue weighted by molar-refractivity contribution is 6.21. The van der Waals surface area contributed by atoms with Gasteiger partial charge in [0.15, 0.2) is 0 Å². The van der Waals surface area contributed by atoms with Gasteiger partial charge in [-0.2, -0.15) is 0 Å². The molecular formula is C22H23N3O3. The molecule has 28 heavy (non-hydrogen) atoms. The van der Waals surface area contributed by atoms with Crippen molar-refractivity contribution in [3.63, 3.8) is 0 Å². The third-order valence-corrected chi connectivity index (χ3v) is 5.29. The zero-order chi connectivity index (χ0) is 19.5. The van der Waals surface area contributed by atoms with E-state index in [0.29, 0.717) is 23.4 Å². The van der Waals surface area contributed by atoms with E-state index in [1.54, 1.807) is 30.3 Å². The topological polar surface area (TPSA) is 64.1 Å². The Kier molecular flexibility index (Phi) is 5.12. The smallest absolute Gasteiger partial charge is 0.261 e. The molecule has 2 aliphatic heterocycles. The van der Waals surface area contributed by atoms with Crippen molar-refractivity contribution in [3.05, 3.63) is 71.8 Å². The minimum absolute atomic E-state index is 0.221. The van der Waals surface area contributed by atoms with Crippen molar-refractivity contribution in [1.29, 1.82) is 0 Å². The molecule has 4 rings (SSSR count). The number of benzene rings is 2. The number of imide groups is 1. The average Bonchev–Trinajstić information content (AvgIpc) is 2.97. The summed E-state index contributed by atoms with van der Waals surface area (Å²) in [6.45, 7) is 4.56. The number of phenols is 1. The van der Waals surface area contributed by atoms with Crippen molar-refractivity contribution in [1.82, 2.24) is 9.80 Å². The number of para-hydroxylation sites is 2. The number of piperazine rings is 1. The first-order valence-corrected chi connectivity index (χ1v) is 9.50. The summed E-state index contributed by atoms with van der Waals surface area (Å²) in [6, 6.07) is 14.4. The van der Waals surface area contributed by atoms with E-state index < -0.39 is 0 Å². The summed E-state index contributed by atoms with van der Waals surface area (Å²) < 4.78 is 0. The predicted octanol–water partition coefficient (Wildman–Crippen LogP) is 2.37. The molecule has 2 aromatic rings. The second-order valence-electron chi connectivity index (χ2n) is 7.01. The minimum Gasteiger partial charge on any atom is -0.506 e. The Morgan fingerprint density at radius 1 is 0.786 bits per heavy atom. The first kappa shape index (κ1) is 18.3. The molecular weight excluding hydrogens is 354 g/mol. The van der Waals surface area contributed by atoms with Gasteiger partial charge in [-0.1, -0.05) is 36.4 Å². The first-order chi connectivity index (χ1) is 13.6. The van der Waals surface area contributed by atoms with Crippen LogP contribution < -0.4 is 4.90 Å². The molecule has 1 saturated heterocycles. The Morgan fingerprint density at radius 2 is 1.36 bits per heavy atom. The summed E-state index contributed by atoms with van der Waals surface area (Å²) in [5.41, 5.74) is 1.85. The number of anilines is 1. The van der Waals surface area contributed by atoms with Gasteiger partial charge in [0.1, 0.15) is 5.75 Å². The molecule has 0 saturated carbocycles. The summed E-state index contributed by atoms with van der Waals surface area (Å²) in [4.78, 5) is 30.5. The van der Waals surface area contributed by atoms with Crippen LogP contribution in [0.15, 0.2) is 60.7 Å². The molecule has 0 atom stereocenters. The standard InChI is InChI=1S/C22H23N3O3/c26-20-10-4-3-9-19(20)24-15-13-23(14-16-24)11-5-6-12-25-21(27)17-7-1-2-8-18(17)22(25)28/h1-10,26H,11-16H2/b6-5+. The van der Waals surface area contributed by atoms with Crippen LogP contribution in [0.2, 0.25) is 0 Å². The van der Waals surface area contributed by atoms with Crippen LogP contribution in [-0.2, 0) is 0 Å². The maximum Gasteiger partial charge on any atom is 0.261 e. The lowest BCUT2D eigenvalue weighted by molar-refractivity contribution is 0.0672. The number of phenolic OH excluding ortho intramolecular Hbond substituents is 1. The lowest BCUT2D eigenvalue weighted by atomic mass is 10.1. The monoisotopic (exact) mass is 377 g/mol. The minimum atomic E-state index is -0.221. The van der Waals surface area contributed by atoms with Gasteiger partial charge in [-0.05, 0) is 24.3 Å². The number of fused-ring (bicyclic) bond motifs is 1. The van der Waals surface area contributed by atoms with E-state index in [4.69, 9.17) is 0 Å². The molecule has 144 valence electrons. The summed E-state index contributed by atoms with van der Waals surface area (Å²) >= 11 is 0. The average molecular weight is 377 g/mol. The van der Waals surface area contributed by atoms with Gasteiger partial charge in [-0.25, -0.2) is 0 Å². The molecule has 0 aliphatic carbocycles. The fourth-order valence-electron chi connectivity index (χ4n) is 3.71. The van der Waals surface area contributed by atoms with E-state index in [1.807, 2.05) is 30.4 Å².